The zero-order chi connectivity index (χ0) is 13.3. The first kappa shape index (κ1) is 13.6. The van der Waals surface area contributed by atoms with Crippen LogP contribution in [0.3, 0.4) is 0 Å². The van der Waals surface area contributed by atoms with Gasteiger partial charge in [-0.15, -0.1) is 0 Å². The van der Waals surface area contributed by atoms with Gasteiger partial charge in [-0.25, -0.2) is 4.39 Å². The lowest BCUT2D eigenvalue weighted by molar-refractivity contribution is 0.220. The second-order valence-corrected chi connectivity index (χ2v) is 4.99. The number of hydrogen-bond donors (Lipinski definition) is 1. The van der Waals surface area contributed by atoms with Crippen molar-refractivity contribution in [2.75, 3.05) is 0 Å². The molecule has 0 heterocycles. The zero-order valence-electron chi connectivity index (χ0n) is 9.00. The van der Waals surface area contributed by atoms with E-state index >= 15 is 0 Å². The Kier molecular flexibility index (Phi) is 4.13. The fraction of sp³-hybridized carbons (Fsp3) is 0.0769. The van der Waals surface area contributed by atoms with Crippen molar-refractivity contribution in [1.82, 2.24) is 0 Å². The van der Waals surface area contributed by atoms with Gasteiger partial charge in [0.2, 0.25) is 0 Å². The lowest BCUT2D eigenvalue weighted by Crippen LogP contribution is -2.02. The molecule has 0 aliphatic rings. The van der Waals surface area contributed by atoms with Crippen LogP contribution in [0, 0.1) is 5.82 Å². The average Bonchev–Trinajstić information content (AvgIpc) is 2.34. The van der Waals surface area contributed by atoms with E-state index in [1.54, 1.807) is 12.1 Å². The van der Waals surface area contributed by atoms with Gasteiger partial charge in [0.05, 0.1) is 0 Å². The molecule has 0 aliphatic carbocycles. The summed E-state index contributed by atoms with van der Waals surface area (Å²) in [5.41, 5.74) is 0.637. The molecule has 0 bridgehead atoms. The molecule has 0 saturated carbocycles. The molecule has 0 saturated heterocycles. The third-order valence-corrected chi connectivity index (χ3v) is 3.43. The summed E-state index contributed by atoms with van der Waals surface area (Å²) in [7, 11) is 0. The predicted molar refractivity (Wildman–Crippen MR) is 71.9 cm³/mol. The summed E-state index contributed by atoms with van der Waals surface area (Å²) in [5.74, 6) is -0.480. The minimum Gasteiger partial charge on any atom is -0.384 e. The Balaban J connectivity index is 2.50. The molecule has 2 aromatic carbocycles. The standard InChI is InChI=1S/C13H8Cl3FO/c14-7-1-3-11(15)9(5-7)13(18)10-6-8(17)2-4-12(10)16/h1-6,13,18H. The molecule has 1 nitrogen and oxygen atoms in total. The number of aliphatic hydroxyl groups excluding tert-OH is 1. The first-order valence-corrected chi connectivity index (χ1v) is 6.20. The number of halogens is 4. The molecule has 1 atom stereocenters. The fourth-order valence-corrected chi connectivity index (χ4v) is 2.24. The largest absolute Gasteiger partial charge is 0.384 e. The minimum atomic E-state index is -1.13. The smallest absolute Gasteiger partial charge is 0.123 e. The first-order valence-electron chi connectivity index (χ1n) is 5.07. The molecule has 2 rings (SSSR count). The molecule has 0 aliphatic heterocycles. The molecule has 18 heavy (non-hydrogen) atoms. The second kappa shape index (κ2) is 5.45. The van der Waals surface area contributed by atoms with Crippen molar-refractivity contribution >= 4 is 34.8 Å². The third kappa shape index (κ3) is 2.78. The molecule has 2 aromatic rings. The van der Waals surface area contributed by atoms with Crippen LogP contribution in [0.15, 0.2) is 36.4 Å². The van der Waals surface area contributed by atoms with Crippen molar-refractivity contribution in [2.45, 2.75) is 6.10 Å². The SMILES string of the molecule is OC(c1cc(F)ccc1Cl)c1cc(Cl)ccc1Cl. The molecule has 94 valence electrons. The Hall–Kier alpha value is -0.800. The van der Waals surface area contributed by atoms with E-state index in [1.807, 2.05) is 0 Å². The van der Waals surface area contributed by atoms with Gasteiger partial charge in [0.1, 0.15) is 11.9 Å². The molecule has 1 unspecified atom stereocenters. The summed E-state index contributed by atoms with van der Waals surface area (Å²) < 4.78 is 13.2. The maximum Gasteiger partial charge on any atom is 0.123 e. The summed E-state index contributed by atoms with van der Waals surface area (Å²) in [6.45, 7) is 0. The normalized spacial score (nSPS) is 12.5. The Morgan fingerprint density at radius 3 is 2.11 bits per heavy atom. The van der Waals surface area contributed by atoms with Gasteiger partial charge >= 0.3 is 0 Å². The maximum absolute atomic E-state index is 13.2. The van der Waals surface area contributed by atoms with Crippen LogP contribution in [0.25, 0.3) is 0 Å². The average molecular weight is 306 g/mol. The minimum absolute atomic E-state index is 0.251. The second-order valence-electron chi connectivity index (χ2n) is 3.73. The quantitative estimate of drug-likeness (QED) is 0.839. The highest BCUT2D eigenvalue weighted by atomic mass is 35.5. The van der Waals surface area contributed by atoms with Crippen molar-refractivity contribution in [3.63, 3.8) is 0 Å². The van der Waals surface area contributed by atoms with Crippen LogP contribution in [0.5, 0.6) is 0 Å². The fourth-order valence-electron chi connectivity index (χ4n) is 1.62. The summed E-state index contributed by atoms with van der Waals surface area (Å²) in [6, 6.07) is 8.47. The molecule has 0 fully saturated rings. The van der Waals surface area contributed by atoms with Crippen LogP contribution in [-0.4, -0.2) is 5.11 Å². The molecule has 0 radical (unpaired) electrons. The molecule has 5 heteroatoms. The van der Waals surface area contributed by atoms with Gasteiger partial charge in [0.15, 0.2) is 0 Å². The van der Waals surface area contributed by atoms with Crippen LogP contribution in [0.2, 0.25) is 15.1 Å². The van der Waals surface area contributed by atoms with Crippen molar-refractivity contribution in [1.29, 1.82) is 0 Å². The van der Waals surface area contributed by atoms with Gasteiger partial charge < -0.3 is 5.11 Å². The Morgan fingerprint density at radius 2 is 1.44 bits per heavy atom. The van der Waals surface area contributed by atoms with Gasteiger partial charge in [0, 0.05) is 26.2 Å². The molecule has 1 N–H and O–H groups in total. The summed E-state index contributed by atoms with van der Waals surface area (Å²) >= 11 is 17.8. The maximum atomic E-state index is 13.2. The van der Waals surface area contributed by atoms with Crippen molar-refractivity contribution in [3.05, 3.63) is 68.4 Å². The Bertz CT molecular complexity index is 535. The Morgan fingerprint density at radius 1 is 0.889 bits per heavy atom. The van der Waals surface area contributed by atoms with Gasteiger partial charge in [-0.3, -0.25) is 0 Å². The third-order valence-electron chi connectivity index (χ3n) is 2.51. The summed E-state index contributed by atoms with van der Waals surface area (Å²) in [5, 5.41) is 11.2. The van der Waals surface area contributed by atoms with E-state index in [2.05, 4.69) is 0 Å². The van der Waals surface area contributed by atoms with Crippen LogP contribution in [0.4, 0.5) is 4.39 Å². The lowest BCUT2D eigenvalue weighted by Gasteiger charge is -2.15. The predicted octanol–water partition coefficient (Wildman–Crippen LogP) is 4.87. The van der Waals surface area contributed by atoms with E-state index in [-0.39, 0.29) is 10.6 Å². The van der Waals surface area contributed by atoms with Gasteiger partial charge in [-0.2, -0.15) is 0 Å². The van der Waals surface area contributed by atoms with E-state index in [1.165, 1.54) is 24.3 Å². The topological polar surface area (TPSA) is 20.2 Å². The van der Waals surface area contributed by atoms with Crippen LogP contribution < -0.4 is 0 Å². The summed E-state index contributed by atoms with van der Waals surface area (Å²) in [4.78, 5) is 0. The highest BCUT2D eigenvalue weighted by Crippen LogP contribution is 2.34. The molecular weight excluding hydrogens is 297 g/mol. The van der Waals surface area contributed by atoms with Gasteiger partial charge in [-0.05, 0) is 36.4 Å². The van der Waals surface area contributed by atoms with Crippen molar-refractivity contribution in [3.8, 4) is 0 Å². The number of aliphatic hydroxyl groups is 1. The van der Waals surface area contributed by atoms with Crippen LogP contribution >= 0.6 is 34.8 Å². The summed E-state index contributed by atoms with van der Waals surface area (Å²) in [6.07, 6.45) is -1.13. The Labute approximate surface area is 119 Å². The van der Waals surface area contributed by atoms with E-state index in [4.69, 9.17) is 34.8 Å². The molecular formula is C13H8Cl3FO. The van der Waals surface area contributed by atoms with Crippen molar-refractivity contribution < 1.29 is 9.50 Å². The molecule has 0 amide bonds. The molecule has 0 aromatic heterocycles. The van der Waals surface area contributed by atoms with Crippen molar-refractivity contribution in [2.24, 2.45) is 0 Å². The van der Waals surface area contributed by atoms with Gasteiger partial charge in [0.25, 0.3) is 0 Å². The lowest BCUT2D eigenvalue weighted by atomic mass is 10.0. The highest BCUT2D eigenvalue weighted by molar-refractivity contribution is 6.34. The molecule has 0 spiro atoms. The zero-order valence-corrected chi connectivity index (χ0v) is 11.3. The van der Waals surface area contributed by atoms with E-state index < -0.39 is 11.9 Å². The number of benzene rings is 2. The first-order chi connectivity index (χ1) is 8.49. The van der Waals surface area contributed by atoms with E-state index in [0.29, 0.717) is 15.6 Å². The number of rotatable bonds is 2. The van der Waals surface area contributed by atoms with Crippen LogP contribution in [0.1, 0.15) is 17.2 Å². The monoisotopic (exact) mass is 304 g/mol. The number of hydrogen-bond acceptors (Lipinski definition) is 1. The highest BCUT2D eigenvalue weighted by Gasteiger charge is 2.18. The van der Waals surface area contributed by atoms with E-state index in [0.717, 1.165) is 0 Å². The van der Waals surface area contributed by atoms with Gasteiger partial charge in [-0.1, -0.05) is 34.8 Å². The van der Waals surface area contributed by atoms with Crippen LogP contribution in [-0.2, 0) is 0 Å². The van der Waals surface area contributed by atoms with E-state index in [9.17, 15) is 9.50 Å².